The number of ether oxygens (including phenoxy) is 2. The second kappa shape index (κ2) is 9.72. The molecule has 3 rings (SSSR count). The van der Waals surface area contributed by atoms with Crippen molar-refractivity contribution in [3.05, 3.63) is 66.4 Å². The van der Waals surface area contributed by atoms with Crippen molar-refractivity contribution in [1.82, 2.24) is 5.32 Å². The summed E-state index contributed by atoms with van der Waals surface area (Å²) in [5.74, 6) is 1.80. The zero-order valence-corrected chi connectivity index (χ0v) is 16.5. The van der Waals surface area contributed by atoms with Gasteiger partial charge in [0.25, 0.3) is 5.91 Å². The SMILES string of the molecule is COc1ccc(-c2ccc(CO)o2)cc1NC(=S)NC(=O)COc1ccccc1. The molecule has 0 saturated carbocycles. The van der Waals surface area contributed by atoms with Gasteiger partial charge in [0.15, 0.2) is 11.7 Å². The van der Waals surface area contributed by atoms with E-state index in [0.29, 0.717) is 28.7 Å². The van der Waals surface area contributed by atoms with Crippen molar-refractivity contribution >= 4 is 28.9 Å². The maximum absolute atomic E-state index is 12.1. The highest BCUT2D eigenvalue weighted by Crippen LogP contribution is 2.31. The Hall–Kier alpha value is -3.36. The van der Waals surface area contributed by atoms with E-state index in [1.165, 1.54) is 7.11 Å². The molecular weight excluding hydrogens is 392 g/mol. The maximum Gasteiger partial charge on any atom is 0.264 e. The van der Waals surface area contributed by atoms with Crippen molar-refractivity contribution in [2.24, 2.45) is 0 Å². The first-order chi connectivity index (χ1) is 14.1. The second-order valence-corrected chi connectivity index (χ2v) is 6.35. The van der Waals surface area contributed by atoms with Crippen LogP contribution in [0.4, 0.5) is 5.69 Å². The Morgan fingerprint density at radius 1 is 1.14 bits per heavy atom. The number of hydrogen-bond acceptors (Lipinski definition) is 6. The minimum atomic E-state index is -0.389. The molecule has 1 aromatic heterocycles. The molecule has 0 saturated heterocycles. The molecule has 29 heavy (non-hydrogen) atoms. The number of carbonyl (C=O) groups is 1. The summed E-state index contributed by atoms with van der Waals surface area (Å²) in [6.07, 6.45) is 0. The van der Waals surface area contributed by atoms with Crippen LogP contribution >= 0.6 is 12.2 Å². The number of methoxy groups -OCH3 is 1. The Morgan fingerprint density at radius 2 is 1.93 bits per heavy atom. The largest absolute Gasteiger partial charge is 0.495 e. The van der Waals surface area contributed by atoms with Gasteiger partial charge in [-0.05, 0) is 54.7 Å². The van der Waals surface area contributed by atoms with E-state index < -0.39 is 0 Å². The molecule has 7 nitrogen and oxygen atoms in total. The number of aliphatic hydroxyl groups excluding tert-OH is 1. The van der Waals surface area contributed by atoms with E-state index in [2.05, 4.69) is 10.6 Å². The van der Waals surface area contributed by atoms with Gasteiger partial charge in [-0.1, -0.05) is 18.2 Å². The summed E-state index contributed by atoms with van der Waals surface area (Å²) in [6.45, 7) is -0.345. The minimum absolute atomic E-state index is 0.109. The van der Waals surface area contributed by atoms with Crippen LogP contribution in [0.2, 0.25) is 0 Å². The Balaban J connectivity index is 1.63. The van der Waals surface area contributed by atoms with Crippen LogP contribution in [0.15, 0.2) is 65.1 Å². The fraction of sp³-hybridized carbons (Fsp3) is 0.143. The first kappa shape index (κ1) is 20.4. The zero-order valence-electron chi connectivity index (χ0n) is 15.7. The lowest BCUT2D eigenvalue weighted by Crippen LogP contribution is -2.37. The predicted molar refractivity (Wildman–Crippen MR) is 113 cm³/mol. The van der Waals surface area contributed by atoms with Gasteiger partial charge in [-0.15, -0.1) is 0 Å². The molecule has 1 amide bonds. The molecule has 0 unspecified atom stereocenters. The van der Waals surface area contributed by atoms with Gasteiger partial charge in [-0.2, -0.15) is 0 Å². The molecule has 0 fully saturated rings. The molecule has 2 aromatic carbocycles. The molecule has 0 aliphatic rings. The molecule has 0 spiro atoms. The standard InChI is InChI=1S/C21H20N2O5S/c1-26-19-9-7-14(18-10-8-16(12-24)28-18)11-17(19)22-21(29)23-20(25)13-27-15-5-3-2-4-6-15/h2-11,24H,12-13H2,1H3,(H2,22,23,25,29). The third-order valence-corrected chi connectivity index (χ3v) is 4.12. The van der Waals surface area contributed by atoms with Crippen molar-refractivity contribution in [3.63, 3.8) is 0 Å². The van der Waals surface area contributed by atoms with E-state index in [1.54, 1.807) is 36.4 Å². The molecule has 0 aliphatic heterocycles. The summed E-state index contributed by atoms with van der Waals surface area (Å²) < 4.78 is 16.3. The molecule has 3 N–H and O–H groups in total. The topological polar surface area (TPSA) is 93.0 Å². The Labute approximate surface area is 173 Å². The van der Waals surface area contributed by atoms with Crippen LogP contribution in [-0.4, -0.2) is 29.8 Å². The van der Waals surface area contributed by atoms with E-state index in [0.717, 1.165) is 5.56 Å². The lowest BCUT2D eigenvalue weighted by molar-refractivity contribution is -0.121. The molecule has 150 valence electrons. The third kappa shape index (κ3) is 5.56. The van der Waals surface area contributed by atoms with Crippen molar-refractivity contribution in [3.8, 4) is 22.8 Å². The number of hydrogen-bond donors (Lipinski definition) is 3. The Kier molecular flexibility index (Phi) is 6.83. The predicted octanol–water partition coefficient (Wildman–Crippen LogP) is 3.34. The fourth-order valence-corrected chi connectivity index (χ4v) is 2.78. The number of carbonyl (C=O) groups excluding carboxylic acids is 1. The van der Waals surface area contributed by atoms with Crippen LogP contribution in [0.3, 0.4) is 0 Å². The van der Waals surface area contributed by atoms with E-state index >= 15 is 0 Å². The average Bonchev–Trinajstić information content (AvgIpc) is 3.22. The highest BCUT2D eigenvalue weighted by molar-refractivity contribution is 7.80. The lowest BCUT2D eigenvalue weighted by Gasteiger charge is -2.14. The highest BCUT2D eigenvalue weighted by atomic mass is 32.1. The molecule has 0 radical (unpaired) electrons. The number of rotatable bonds is 7. The van der Waals surface area contributed by atoms with E-state index in [9.17, 15) is 4.79 Å². The number of aliphatic hydroxyl groups is 1. The number of nitrogens with one attached hydrogen (secondary N) is 2. The third-order valence-electron chi connectivity index (χ3n) is 3.92. The summed E-state index contributed by atoms with van der Waals surface area (Å²) in [5, 5.41) is 14.8. The van der Waals surface area contributed by atoms with Crippen LogP contribution in [0.5, 0.6) is 11.5 Å². The van der Waals surface area contributed by atoms with Crippen molar-refractivity contribution in [1.29, 1.82) is 0 Å². The summed E-state index contributed by atoms with van der Waals surface area (Å²) in [7, 11) is 1.53. The molecule has 0 bridgehead atoms. The number of anilines is 1. The van der Waals surface area contributed by atoms with Crippen LogP contribution in [0, 0.1) is 0 Å². The van der Waals surface area contributed by atoms with Crippen LogP contribution in [0.25, 0.3) is 11.3 Å². The minimum Gasteiger partial charge on any atom is -0.495 e. The first-order valence-corrected chi connectivity index (χ1v) is 9.16. The van der Waals surface area contributed by atoms with Gasteiger partial charge in [0.1, 0.15) is 29.6 Å². The number of furan rings is 1. The smallest absolute Gasteiger partial charge is 0.264 e. The maximum atomic E-state index is 12.1. The average molecular weight is 412 g/mol. The van der Waals surface area contributed by atoms with Crippen LogP contribution in [0.1, 0.15) is 5.76 Å². The van der Waals surface area contributed by atoms with Crippen molar-refractivity contribution < 1.29 is 23.8 Å². The summed E-state index contributed by atoms with van der Waals surface area (Å²) in [4.78, 5) is 12.1. The van der Waals surface area contributed by atoms with Gasteiger partial charge >= 0.3 is 0 Å². The number of para-hydroxylation sites is 1. The molecule has 0 atom stereocenters. The van der Waals surface area contributed by atoms with E-state index in [4.69, 9.17) is 31.2 Å². The highest BCUT2D eigenvalue weighted by Gasteiger charge is 2.12. The van der Waals surface area contributed by atoms with Gasteiger partial charge < -0.3 is 24.3 Å². The van der Waals surface area contributed by atoms with E-state index in [1.807, 2.05) is 24.3 Å². The van der Waals surface area contributed by atoms with Crippen molar-refractivity contribution in [2.45, 2.75) is 6.61 Å². The Morgan fingerprint density at radius 3 is 2.62 bits per heavy atom. The summed E-state index contributed by atoms with van der Waals surface area (Å²) in [5.41, 5.74) is 1.32. The first-order valence-electron chi connectivity index (χ1n) is 8.75. The molecule has 3 aromatic rings. The Bertz CT molecular complexity index is 988. The summed E-state index contributed by atoms with van der Waals surface area (Å²) in [6, 6.07) is 17.8. The normalized spacial score (nSPS) is 10.3. The second-order valence-electron chi connectivity index (χ2n) is 5.94. The van der Waals surface area contributed by atoms with Gasteiger partial charge in [0.05, 0.1) is 12.8 Å². The molecular formula is C21H20N2O5S. The zero-order chi connectivity index (χ0) is 20.6. The number of benzene rings is 2. The monoisotopic (exact) mass is 412 g/mol. The summed E-state index contributed by atoms with van der Waals surface area (Å²) >= 11 is 5.22. The molecule has 0 aliphatic carbocycles. The molecule has 1 heterocycles. The van der Waals surface area contributed by atoms with E-state index in [-0.39, 0.29) is 24.2 Å². The van der Waals surface area contributed by atoms with Gasteiger partial charge in [0, 0.05) is 5.56 Å². The van der Waals surface area contributed by atoms with Gasteiger partial charge in [-0.3, -0.25) is 10.1 Å². The number of amides is 1. The molecule has 8 heteroatoms. The van der Waals surface area contributed by atoms with Crippen LogP contribution in [-0.2, 0) is 11.4 Å². The van der Waals surface area contributed by atoms with Crippen molar-refractivity contribution in [2.75, 3.05) is 19.0 Å². The number of thiocarbonyl (C=S) groups is 1. The van der Waals surface area contributed by atoms with Gasteiger partial charge in [0.2, 0.25) is 0 Å². The lowest BCUT2D eigenvalue weighted by atomic mass is 10.1. The van der Waals surface area contributed by atoms with Crippen LogP contribution < -0.4 is 20.1 Å². The quantitative estimate of drug-likeness (QED) is 0.513. The fourth-order valence-electron chi connectivity index (χ4n) is 2.56. The van der Waals surface area contributed by atoms with Gasteiger partial charge in [-0.25, -0.2) is 0 Å².